The second-order valence-corrected chi connectivity index (χ2v) is 7.08. The highest BCUT2D eigenvalue weighted by Crippen LogP contribution is 2.23. The summed E-state index contributed by atoms with van der Waals surface area (Å²) in [4.78, 5) is 10.6. The molecule has 0 heterocycles. The Kier molecular flexibility index (Phi) is 8.14. The van der Waals surface area contributed by atoms with Gasteiger partial charge in [-0.15, -0.1) is 13.2 Å². The second-order valence-electron chi connectivity index (χ2n) is 4.92. The molecule has 2 aromatic rings. The highest BCUT2D eigenvalue weighted by Gasteiger charge is 2.30. The number of carbonyl (C=O) groups is 1. The van der Waals surface area contributed by atoms with Crippen molar-refractivity contribution in [3.8, 4) is 5.75 Å². The van der Waals surface area contributed by atoms with Crippen molar-refractivity contribution in [1.82, 2.24) is 0 Å². The van der Waals surface area contributed by atoms with E-state index in [1.165, 1.54) is 30.3 Å². The number of nitrogens with two attached hydrogens (primary N) is 1. The third-order valence-corrected chi connectivity index (χ3v) is 3.88. The van der Waals surface area contributed by atoms with E-state index >= 15 is 0 Å². The van der Waals surface area contributed by atoms with Crippen LogP contribution in [0.4, 0.5) is 17.6 Å². The van der Waals surface area contributed by atoms with Crippen LogP contribution in [0.25, 0.3) is 6.08 Å². The van der Waals surface area contributed by atoms with Crippen molar-refractivity contribution < 1.29 is 40.1 Å². The second kappa shape index (κ2) is 9.66. The normalized spacial score (nSPS) is 11.6. The molecule has 2 rings (SSSR count). The van der Waals surface area contributed by atoms with Gasteiger partial charge in [0, 0.05) is 4.47 Å². The Morgan fingerprint density at radius 1 is 1.14 bits per heavy atom. The van der Waals surface area contributed by atoms with Crippen LogP contribution in [-0.4, -0.2) is 25.2 Å². The lowest BCUT2D eigenvalue weighted by Crippen LogP contribution is -2.16. The molecule has 6 nitrogen and oxygen atoms in total. The molecule has 0 atom stereocenters. The summed E-state index contributed by atoms with van der Waals surface area (Å²) in [7, 11) is -4.25. The molecule has 0 aliphatic rings. The first-order chi connectivity index (χ1) is 12.8. The zero-order chi connectivity index (χ0) is 21.5. The molecule has 0 bridgehead atoms. The number of alkyl halides is 3. The van der Waals surface area contributed by atoms with Crippen LogP contribution in [0.1, 0.15) is 15.9 Å². The molecule has 2 aromatic carbocycles. The van der Waals surface area contributed by atoms with Gasteiger partial charge in [-0.1, -0.05) is 12.1 Å². The molecule has 0 radical (unpaired) electrons. The Bertz CT molecular complexity index is 960. The molecule has 0 aromatic heterocycles. The van der Waals surface area contributed by atoms with Gasteiger partial charge in [0.05, 0.1) is 11.0 Å². The van der Waals surface area contributed by atoms with Crippen molar-refractivity contribution >= 4 is 38.0 Å². The fourth-order valence-electron chi connectivity index (χ4n) is 1.63. The van der Waals surface area contributed by atoms with E-state index in [1.807, 2.05) is 0 Å². The van der Waals surface area contributed by atoms with E-state index in [0.717, 1.165) is 18.2 Å². The lowest BCUT2D eigenvalue weighted by Gasteiger charge is -2.08. The molecular weight excluding hydrogens is 474 g/mol. The van der Waals surface area contributed by atoms with Crippen molar-refractivity contribution in [2.45, 2.75) is 6.36 Å². The molecule has 0 spiro atoms. The van der Waals surface area contributed by atoms with E-state index < -0.39 is 34.0 Å². The fourth-order valence-corrected chi connectivity index (χ4v) is 2.51. The predicted molar refractivity (Wildman–Crippen MR) is 96.3 cm³/mol. The van der Waals surface area contributed by atoms with Crippen LogP contribution in [-0.2, 0) is 10.1 Å². The van der Waals surface area contributed by atoms with Crippen LogP contribution in [0.3, 0.4) is 0 Å². The number of primary amides is 1. The van der Waals surface area contributed by atoms with Crippen LogP contribution in [0.5, 0.6) is 5.75 Å². The van der Waals surface area contributed by atoms with Crippen LogP contribution < -0.4 is 10.5 Å². The quantitative estimate of drug-likeness (QED) is 0.500. The largest absolute Gasteiger partial charge is 0.573 e. The van der Waals surface area contributed by atoms with Crippen molar-refractivity contribution in [2.24, 2.45) is 5.73 Å². The number of ether oxygens (including phenoxy) is 1. The number of amides is 1. The van der Waals surface area contributed by atoms with E-state index in [4.69, 9.17) is 10.3 Å². The molecule has 152 valence electrons. The van der Waals surface area contributed by atoms with E-state index in [1.54, 1.807) is 0 Å². The number of hydrogen-bond acceptors (Lipinski definition) is 4. The van der Waals surface area contributed by atoms with E-state index in [-0.39, 0.29) is 5.56 Å². The summed E-state index contributed by atoms with van der Waals surface area (Å²) in [5.74, 6) is -1.39. The third-order valence-electron chi connectivity index (χ3n) is 2.74. The SMILES string of the molecule is NC(=O)c1ccc(F)cc1Br.O=S(=O)(O)C=Cc1ccc(OC(F)(F)F)cc1. The third kappa shape index (κ3) is 9.48. The van der Waals surface area contributed by atoms with Gasteiger partial charge in [0.25, 0.3) is 10.1 Å². The molecule has 1 amide bonds. The topological polar surface area (TPSA) is 107 Å². The monoisotopic (exact) mass is 485 g/mol. The Hall–Kier alpha value is -2.44. The summed E-state index contributed by atoms with van der Waals surface area (Å²) < 4.78 is 80.9. The molecule has 0 unspecified atom stereocenters. The van der Waals surface area contributed by atoms with Crippen molar-refractivity contribution in [2.75, 3.05) is 0 Å². The van der Waals surface area contributed by atoms with Gasteiger partial charge >= 0.3 is 6.36 Å². The van der Waals surface area contributed by atoms with Gasteiger partial charge in [-0.25, -0.2) is 4.39 Å². The average molecular weight is 486 g/mol. The number of halogens is 5. The predicted octanol–water partition coefficient (Wildman–Crippen LogP) is 4.13. The van der Waals surface area contributed by atoms with Crippen LogP contribution in [0.2, 0.25) is 0 Å². The van der Waals surface area contributed by atoms with Gasteiger partial charge < -0.3 is 10.5 Å². The Labute approximate surface area is 165 Å². The number of benzene rings is 2. The molecule has 0 saturated heterocycles. The molecular formula is C16H12BrF4NO5S. The first kappa shape index (κ1) is 23.6. The minimum Gasteiger partial charge on any atom is -0.406 e. The van der Waals surface area contributed by atoms with Crippen LogP contribution >= 0.6 is 15.9 Å². The molecule has 28 heavy (non-hydrogen) atoms. The van der Waals surface area contributed by atoms with Gasteiger partial charge in [0.1, 0.15) is 11.6 Å². The standard InChI is InChI=1S/C9H7F3O4S.C7H5BrFNO/c10-9(11,12)16-8-3-1-7(2-4-8)5-6-17(13,14)15;8-6-3-4(9)1-2-5(6)7(10)11/h1-6H,(H,13,14,15);1-3H,(H2,10,11). The number of hydrogen-bond donors (Lipinski definition) is 2. The Morgan fingerprint density at radius 2 is 1.71 bits per heavy atom. The van der Waals surface area contributed by atoms with E-state index in [2.05, 4.69) is 20.7 Å². The van der Waals surface area contributed by atoms with Gasteiger partial charge in [-0.3, -0.25) is 9.35 Å². The molecule has 3 N–H and O–H groups in total. The average Bonchev–Trinajstić information content (AvgIpc) is 2.52. The molecule has 0 fully saturated rings. The molecule has 0 aliphatic heterocycles. The fraction of sp³-hybridized carbons (Fsp3) is 0.0625. The maximum Gasteiger partial charge on any atom is 0.573 e. The lowest BCUT2D eigenvalue weighted by atomic mass is 10.2. The summed E-state index contributed by atoms with van der Waals surface area (Å²) in [5, 5.41) is 0.520. The zero-order valence-corrected chi connectivity index (χ0v) is 16.1. The molecule has 12 heteroatoms. The van der Waals surface area contributed by atoms with Gasteiger partial charge in [-0.2, -0.15) is 8.42 Å². The zero-order valence-electron chi connectivity index (χ0n) is 13.7. The van der Waals surface area contributed by atoms with Gasteiger partial charge in [0.15, 0.2) is 0 Å². The first-order valence-electron chi connectivity index (χ1n) is 7.03. The van der Waals surface area contributed by atoms with Gasteiger partial charge in [0.2, 0.25) is 5.91 Å². The highest BCUT2D eigenvalue weighted by atomic mass is 79.9. The summed E-state index contributed by atoms with van der Waals surface area (Å²) in [6.45, 7) is 0. The van der Waals surface area contributed by atoms with E-state index in [0.29, 0.717) is 15.4 Å². The van der Waals surface area contributed by atoms with Crippen molar-refractivity contribution in [1.29, 1.82) is 0 Å². The lowest BCUT2D eigenvalue weighted by molar-refractivity contribution is -0.274. The molecule has 0 aliphatic carbocycles. The van der Waals surface area contributed by atoms with E-state index in [9.17, 15) is 30.8 Å². The Balaban J connectivity index is 0.000000307. The van der Waals surface area contributed by atoms with Crippen molar-refractivity contribution in [3.63, 3.8) is 0 Å². The first-order valence-corrected chi connectivity index (χ1v) is 9.33. The summed E-state index contributed by atoms with van der Waals surface area (Å²) in [6.07, 6.45) is -3.74. The van der Waals surface area contributed by atoms with Crippen LogP contribution in [0.15, 0.2) is 52.3 Å². The summed E-state index contributed by atoms with van der Waals surface area (Å²) in [6, 6.07) is 8.19. The highest BCUT2D eigenvalue weighted by molar-refractivity contribution is 9.10. The minimum absolute atomic E-state index is 0.284. The smallest absolute Gasteiger partial charge is 0.406 e. The Morgan fingerprint density at radius 3 is 2.14 bits per heavy atom. The number of rotatable bonds is 4. The maximum atomic E-state index is 12.4. The minimum atomic E-state index is -4.77. The van der Waals surface area contributed by atoms with Crippen molar-refractivity contribution in [3.05, 3.63) is 69.3 Å². The maximum absolute atomic E-state index is 12.4. The number of carbonyl (C=O) groups excluding carboxylic acids is 1. The summed E-state index contributed by atoms with van der Waals surface area (Å²) >= 11 is 3.01. The van der Waals surface area contributed by atoms with Crippen LogP contribution in [0, 0.1) is 5.82 Å². The molecule has 0 saturated carbocycles. The van der Waals surface area contributed by atoms with Gasteiger partial charge in [-0.05, 0) is 57.9 Å². The summed E-state index contributed by atoms with van der Waals surface area (Å²) in [5.41, 5.74) is 5.56.